The van der Waals surface area contributed by atoms with Crippen molar-refractivity contribution in [3.8, 4) is 5.75 Å². The number of hydrogen-bond acceptors (Lipinski definition) is 3. The van der Waals surface area contributed by atoms with Crippen molar-refractivity contribution >= 4 is 5.91 Å². The van der Waals surface area contributed by atoms with Crippen LogP contribution in [0.25, 0.3) is 0 Å². The van der Waals surface area contributed by atoms with Gasteiger partial charge in [0.15, 0.2) is 0 Å². The molecule has 0 bridgehead atoms. The zero-order chi connectivity index (χ0) is 15.1. The molecule has 1 saturated carbocycles. The van der Waals surface area contributed by atoms with Crippen molar-refractivity contribution in [3.63, 3.8) is 0 Å². The van der Waals surface area contributed by atoms with Crippen molar-refractivity contribution in [2.45, 2.75) is 31.7 Å². The van der Waals surface area contributed by atoms with E-state index in [4.69, 9.17) is 9.47 Å². The Morgan fingerprint density at radius 1 is 1.24 bits per heavy atom. The van der Waals surface area contributed by atoms with E-state index in [2.05, 4.69) is 11.9 Å². The molecule has 1 fully saturated rings. The number of amides is 1. The molecule has 2 rings (SSSR count). The SMILES string of the molecule is C=C1CCC(NC(=O)c2ccc(OCCOC)cc2)CC1. The number of carbonyl (C=O) groups is 1. The summed E-state index contributed by atoms with van der Waals surface area (Å²) in [6.45, 7) is 5.05. The summed E-state index contributed by atoms with van der Waals surface area (Å²) in [7, 11) is 1.64. The Labute approximate surface area is 126 Å². The Balaban J connectivity index is 1.83. The predicted octanol–water partition coefficient (Wildman–Crippen LogP) is 2.94. The molecule has 0 radical (unpaired) electrons. The molecule has 1 aliphatic carbocycles. The van der Waals surface area contributed by atoms with Gasteiger partial charge in [0.05, 0.1) is 6.61 Å². The average Bonchev–Trinajstić information content (AvgIpc) is 2.50. The van der Waals surface area contributed by atoms with E-state index < -0.39 is 0 Å². The Kier molecular flexibility index (Phi) is 5.81. The lowest BCUT2D eigenvalue weighted by atomic mass is 9.92. The van der Waals surface area contributed by atoms with E-state index in [9.17, 15) is 4.79 Å². The molecule has 21 heavy (non-hydrogen) atoms. The normalized spacial score (nSPS) is 15.8. The van der Waals surface area contributed by atoms with E-state index in [-0.39, 0.29) is 11.9 Å². The Hall–Kier alpha value is -1.81. The van der Waals surface area contributed by atoms with Gasteiger partial charge in [-0.1, -0.05) is 12.2 Å². The summed E-state index contributed by atoms with van der Waals surface area (Å²) in [5, 5.41) is 3.09. The molecule has 4 heteroatoms. The van der Waals surface area contributed by atoms with Crippen LogP contribution in [0.5, 0.6) is 5.75 Å². The minimum absolute atomic E-state index is 0.0176. The molecule has 0 heterocycles. The molecule has 114 valence electrons. The molecule has 0 atom stereocenters. The van der Waals surface area contributed by atoms with Crippen molar-refractivity contribution in [1.29, 1.82) is 0 Å². The third-order valence-electron chi connectivity index (χ3n) is 3.70. The van der Waals surface area contributed by atoms with Crippen LogP contribution in [0.15, 0.2) is 36.4 Å². The van der Waals surface area contributed by atoms with Crippen LogP contribution in [0.4, 0.5) is 0 Å². The van der Waals surface area contributed by atoms with Crippen LogP contribution in [0, 0.1) is 0 Å². The molecular weight excluding hydrogens is 266 g/mol. The van der Waals surface area contributed by atoms with E-state index in [1.807, 2.05) is 12.1 Å². The van der Waals surface area contributed by atoms with Crippen LogP contribution in [0.2, 0.25) is 0 Å². The second-order valence-corrected chi connectivity index (χ2v) is 5.36. The van der Waals surface area contributed by atoms with Crippen LogP contribution >= 0.6 is 0 Å². The topological polar surface area (TPSA) is 47.6 Å². The largest absolute Gasteiger partial charge is 0.491 e. The third-order valence-corrected chi connectivity index (χ3v) is 3.70. The van der Waals surface area contributed by atoms with Gasteiger partial charge in [0.25, 0.3) is 5.91 Å². The van der Waals surface area contributed by atoms with E-state index in [0.717, 1.165) is 31.4 Å². The second kappa shape index (κ2) is 7.84. The number of rotatable bonds is 6. The maximum Gasteiger partial charge on any atom is 0.251 e. The fourth-order valence-corrected chi connectivity index (χ4v) is 2.38. The molecule has 1 N–H and O–H groups in total. The molecule has 0 saturated heterocycles. The van der Waals surface area contributed by atoms with Crippen molar-refractivity contribution in [1.82, 2.24) is 5.32 Å². The highest BCUT2D eigenvalue weighted by Crippen LogP contribution is 2.22. The van der Waals surface area contributed by atoms with Gasteiger partial charge < -0.3 is 14.8 Å². The molecule has 0 spiro atoms. The maximum atomic E-state index is 12.2. The molecule has 0 aliphatic heterocycles. The van der Waals surface area contributed by atoms with Crippen LogP contribution in [-0.4, -0.2) is 32.3 Å². The summed E-state index contributed by atoms with van der Waals surface area (Å²) in [6, 6.07) is 7.47. The van der Waals surface area contributed by atoms with Gasteiger partial charge in [0.1, 0.15) is 12.4 Å². The average molecular weight is 289 g/mol. The molecule has 1 aliphatic rings. The van der Waals surface area contributed by atoms with Crippen LogP contribution in [-0.2, 0) is 4.74 Å². The van der Waals surface area contributed by atoms with Gasteiger partial charge >= 0.3 is 0 Å². The first kappa shape index (κ1) is 15.6. The monoisotopic (exact) mass is 289 g/mol. The molecular formula is C17H23NO3. The maximum absolute atomic E-state index is 12.2. The molecule has 1 aromatic rings. The minimum Gasteiger partial charge on any atom is -0.491 e. The van der Waals surface area contributed by atoms with E-state index >= 15 is 0 Å². The first-order valence-electron chi connectivity index (χ1n) is 7.38. The quantitative estimate of drug-likeness (QED) is 0.647. The summed E-state index contributed by atoms with van der Waals surface area (Å²) in [5.74, 6) is 0.730. The summed E-state index contributed by atoms with van der Waals surface area (Å²) >= 11 is 0. The van der Waals surface area contributed by atoms with Crippen LogP contribution in [0.1, 0.15) is 36.0 Å². The Morgan fingerprint density at radius 3 is 2.52 bits per heavy atom. The van der Waals surface area contributed by atoms with E-state index in [1.54, 1.807) is 19.2 Å². The first-order valence-corrected chi connectivity index (χ1v) is 7.38. The number of allylic oxidation sites excluding steroid dienone is 1. The van der Waals surface area contributed by atoms with Crippen LogP contribution < -0.4 is 10.1 Å². The molecule has 0 unspecified atom stereocenters. The standard InChI is InChI=1S/C17H23NO3/c1-13-3-7-15(8-4-13)18-17(19)14-5-9-16(10-6-14)21-12-11-20-2/h5-6,9-10,15H,1,3-4,7-8,11-12H2,2H3,(H,18,19). The highest BCUT2D eigenvalue weighted by Gasteiger charge is 2.18. The third kappa shape index (κ3) is 4.90. The van der Waals surface area contributed by atoms with Crippen LogP contribution in [0.3, 0.4) is 0 Å². The lowest BCUT2D eigenvalue weighted by Gasteiger charge is -2.24. The molecule has 0 aromatic heterocycles. The van der Waals surface area contributed by atoms with Crippen molar-refractivity contribution < 1.29 is 14.3 Å². The molecule has 4 nitrogen and oxygen atoms in total. The van der Waals surface area contributed by atoms with Gasteiger partial charge in [-0.15, -0.1) is 0 Å². The zero-order valence-corrected chi connectivity index (χ0v) is 12.6. The highest BCUT2D eigenvalue weighted by atomic mass is 16.5. The van der Waals surface area contributed by atoms with E-state index in [1.165, 1.54) is 5.57 Å². The van der Waals surface area contributed by atoms with Crippen molar-refractivity contribution in [3.05, 3.63) is 42.0 Å². The number of carbonyl (C=O) groups excluding carboxylic acids is 1. The summed E-state index contributed by atoms with van der Waals surface area (Å²) in [6.07, 6.45) is 4.00. The highest BCUT2D eigenvalue weighted by molar-refractivity contribution is 5.94. The molecule has 1 amide bonds. The van der Waals surface area contributed by atoms with Crippen molar-refractivity contribution in [2.75, 3.05) is 20.3 Å². The number of ether oxygens (including phenoxy) is 2. The smallest absolute Gasteiger partial charge is 0.251 e. The van der Waals surface area contributed by atoms with Gasteiger partial charge in [0, 0.05) is 18.7 Å². The minimum atomic E-state index is -0.0176. The summed E-state index contributed by atoms with van der Waals surface area (Å²) in [5.41, 5.74) is 1.96. The Bertz CT molecular complexity index is 471. The number of nitrogens with one attached hydrogen (secondary N) is 1. The zero-order valence-electron chi connectivity index (χ0n) is 12.6. The van der Waals surface area contributed by atoms with E-state index in [0.29, 0.717) is 18.8 Å². The summed E-state index contributed by atoms with van der Waals surface area (Å²) < 4.78 is 10.4. The number of benzene rings is 1. The summed E-state index contributed by atoms with van der Waals surface area (Å²) in [4.78, 5) is 12.2. The van der Waals surface area contributed by atoms with Gasteiger partial charge in [-0.05, 0) is 49.9 Å². The van der Waals surface area contributed by atoms with Gasteiger partial charge in [-0.25, -0.2) is 0 Å². The lowest BCUT2D eigenvalue weighted by Crippen LogP contribution is -2.36. The fourth-order valence-electron chi connectivity index (χ4n) is 2.38. The first-order chi connectivity index (χ1) is 10.2. The second-order valence-electron chi connectivity index (χ2n) is 5.36. The Morgan fingerprint density at radius 2 is 1.90 bits per heavy atom. The number of hydrogen-bond donors (Lipinski definition) is 1. The van der Waals surface area contributed by atoms with Crippen molar-refractivity contribution in [2.24, 2.45) is 0 Å². The fraction of sp³-hybridized carbons (Fsp3) is 0.471. The van der Waals surface area contributed by atoms with Gasteiger partial charge in [-0.2, -0.15) is 0 Å². The van der Waals surface area contributed by atoms with Gasteiger partial charge in [-0.3, -0.25) is 4.79 Å². The van der Waals surface area contributed by atoms with Gasteiger partial charge in [0.2, 0.25) is 0 Å². The predicted molar refractivity (Wildman–Crippen MR) is 82.7 cm³/mol. The molecule has 1 aromatic carbocycles. The lowest BCUT2D eigenvalue weighted by molar-refractivity contribution is 0.0930. The number of methoxy groups -OCH3 is 1.